The van der Waals surface area contributed by atoms with E-state index in [0.717, 1.165) is 22.9 Å². The molecule has 0 aliphatic heterocycles. The predicted molar refractivity (Wildman–Crippen MR) is 159 cm³/mol. The Labute approximate surface area is 252 Å². The van der Waals surface area contributed by atoms with Crippen LogP contribution in [-0.2, 0) is 17.9 Å². The number of aliphatic carboxylic acids is 1. The van der Waals surface area contributed by atoms with Crippen molar-refractivity contribution in [3.8, 4) is 22.9 Å². The summed E-state index contributed by atoms with van der Waals surface area (Å²) in [6, 6.07) is 15.8. The number of carboxylic acid groups (broad SMARTS) is 1. The van der Waals surface area contributed by atoms with Crippen LogP contribution in [0.4, 0.5) is 0 Å². The molecule has 0 aliphatic carbocycles. The van der Waals surface area contributed by atoms with Crippen LogP contribution in [0.2, 0.25) is 15.1 Å². The van der Waals surface area contributed by atoms with E-state index in [4.69, 9.17) is 44.3 Å². The van der Waals surface area contributed by atoms with Crippen LogP contribution >= 0.6 is 62.5 Å². The van der Waals surface area contributed by atoms with Crippen LogP contribution in [0.5, 0.6) is 11.5 Å². The summed E-state index contributed by atoms with van der Waals surface area (Å²) in [6.07, 6.45) is 1.54. The summed E-state index contributed by atoms with van der Waals surface area (Å²) in [5.74, 6) is 0.384. The van der Waals surface area contributed by atoms with Gasteiger partial charge in [-0.25, -0.2) is 4.79 Å². The number of benzene rings is 3. The van der Waals surface area contributed by atoms with Crippen molar-refractivity contribution in [2.24, 2.45) is 0 Å². The molecule has 4 rings (SSSR count). The summed E-state index contributed by atoms with van der Waals surface area (Å²) in [7, 11) is 1.51. The van der Waals surface area contributed by atoms with Crippen LogP contribution in [0.3, 0.4) is 0 Å². The first-order valence-electron chi connectivity index (χ1n) is 11.5. The third-order valence-electron chi connectivity index (χ3n) is 5.52. The molecule has 0 saturated carbocycles. The Morgan fingerprint density at radius 3 is 2.41 bits per heavy atom. The van der Waals surface area contributed by atoms with Crippen molar-refractivity contribution in [3.63, 3.8) is 0 Å². The minimum Gasteiger partial charge on any atom is -0.493 e. The molecule has 4 aromatic rings. The molecule has 1 N–H and O–H groups in total. The SMILES string of the molecule is CCn1c(S/C(=C\c2cc(OC)c(OCc3ccc(Cl)cc3Cl)cc2Br)C(=O)O)nnc1-c1ccc(Cl)cc1. The fourth-order valence-electron chi connectivity index (χ4n) is 3.56. The fourth-order valence-corrected chi connectivity index (χ4v) is 5.47. The molecular formula is C27H21BrCl3N3O4S. The molecule has 12 heteroatoms. The third kappa shape index (κ3) is 7.10. The maximum Gasteiger partial charge on any atom is 0.342 e. The molecule has 0 aliphatic rings. The number of ether oxygens (including phenoxy) is 2. The Bertz CT molecular complexity index is 1540. The normalized spacial score (nSPS) is 11.5. The maximum absolute atomic E-state index is 12.2. The number of halogens is 4. The average Bonchev–Trinajstić information content (AvgIpc) is 3.31. The predicted octanol–water partition coefficient (Wildman–Crippen LogP) is 8.49. The first-order valence-corrected chi connectivity index (χ1v) is 14.2. The van der Waals surface area contributed by atoms with Gasteiger partial charge < -0.3 is 19.1 Å². The molecule has 0 saturated heterocycles. The van der Waals surface area contributed by atoms with Crippen molar-refractivity contribution < 1.29 is 19.4 Å². The van der Waals surface area contributed by atoms with Crippen LogP contribution in [0.25, 0.3) is 17.5 Å². The van der Waals surface area contributed by atoms with Crippen molar-refractivity contribution in [3.05, 3.63) is 90.2 Å². The number of hydrogen-bond donors (Lipinski definition) is 1. The van der Waals surface area contributed by atoms with Gasteiger partial charge in [-0.2, -0.15) is 0 Å². The summed E-state index contributed by atoms with van der Waals surface area (Å²) in [4.78, 5) is 12.3. The van der Waals surface area contributed by atoms with E-state index >= 15 is 0 Å². The lowest BCUT2D eigenvalue weighted by Gasteiger charge is -2.14. The minimum atomic E-state index is -1.11. The van der Waals surface area contributed by atoms with Gasteiger partial charge in [-0.3, -0.25) is 0 Å². The first-order chi connectivity index (χ1) is 18.7. The number of carbonyl (C=O) groups is 1. The highest BCUT2D eigenvalue weighted by molar-refractivity contribution is 9.10. The summed E-state index contributed by atoms with van der Waals surface area (Å²) < 4.78 is 13.9. The Morgan fingerprint density at radius 1 is 1.05 bits per heavy atom. The van der Waals surface area contributed by atoms with Crippen molar-refractivity contribution >= 4 is 74.5 Å². The molecule has 1 heterocycles. The molecule has 0 amide bonds. The fraction of sp³-hybridized carbons (Fsp3) is 0.148. The van der Waals surface area contributed by atoms with Gasteiger partial charge in [0.05, 0.1) is 7.11 Å². The zero-order chi connectivity index (χ0) is 28.1. The molecule has 39 heavy (non-hydrogen) atoms. The maximum atomic E-state index is 12.2. The van der Waals surface area contributed by atoms with E-state index in [1.807, 2.05) is 23.6 Å². The zero-order valence-corrected chi connectivity index (χ0v) is 25.3. The number of methoxy groups -OCH3 is 1. The molecule has 0 bridgehead atoms. The number of thioether (sulfide) groups is 1. The quantitative estimate of drug-likeness (QED) is 0.134. The summed E-state index contributed by atoms with van der Waals surface area (Å²) >= 11 is 22.8. The van der Waals surface area contributed by atoms with Gasteiger partial charge >= 0.3 is 5.97 Å². The number of hydrogen-bond acceptors (Lipinski definition) is 6. The minimum absolute atomic E-state index is 0.0455. The Morgan fingerprint density at radius 2 is 1.77 bits per heavy atom. The Balaban J connectivity index is 1.61. The van der Waals surface area contributed by atoms with Crippen LogP contribution < -0.4 is 9.47 Å². The summed E-state index contributed by atoms with van der Waals surface area (Å²) in [5, 5.41) is 20.6. The van der Waals surface area contributed by atoms with E-state index in [-0.39, 0.29) is 11.5 Å². The molecule has 0 unspecified atom stereocenters. The number of rotatable bonds is 10. The molecule has 7 nitrogen and oxygen atoms in total. The standard InChI is InChI=1S/C27H21BrCl3N3O4S/c1-3-34-25(15-4-7-18(29)8-5-15)32-33-27(34)39-24(26(35)36)11-17-10-22(37-2)23(13-20(17)28)38-14-16-6-9-19(30)12-21(16)31/h4-13H,3,14H2,1-2H3,(H,35,36)/b24-11-. The lowest BCUT2D eigenvalue weighted by atomic mass is 10.2. The van der Waals surface area contributed by atoms with Crippen molar-refractivity contribution in [1.29, 1.82) is 0 Å². The van der Waals surface area contributed by atoms with E-state index in [9.17, 15) is 9.90 Å². The van der Waals surface area contributed by atoms with Crippen molar-refractivity contribution in [2.45, 2.75) is 25.2 Å². The average molecular weight is 670 g/mol. The van der Waals surface area contributed by atoms with E-state index in [0.29, 0.717) is 54.1 Å². The molecule has 1 aromatic heterocycles. The molecule has 0 atom stereocenters. The van der Waals surface area contributed by atoms with Crippen LogP contribution in [0.1, 0.15) is 18.1 Å². The smallest absolute Gasteiger partial charge is 0.342 e. The third-order valence-corrected chi connectivity index (χ3v) is 8.04. The van der Waals surface area contributed by atoms with Gasteiger partial charge in [0.25, 0.3) is 0 Å². The van der Waals surface area contributed by atoms with Gasteiger partial charge in [0.1, 0.15) is 11.5 Å². The second kappa shape index (κ2) is 13.1. The highest BCUT2D eigenvalue weighted by atomic mass is 79.9. The van der Waals surface area contributed by atoms with Gasteiger partial charge in [0.15, 0.2) is 22.5 Å². The summed E-state index contributed by atoms with van der Waals surface area (Å²) in [6.45, 7) is 2.67. The highest BCUT2D eigenvalue weighted by Gasteiger charge is 2.20. The Hall–Kier alpha value is -2.69. The lowest BCUT2D eigenvalue weighted by Crippen LogP contribution is -2.03. The van der Waals surface area contributed by atoms with Crippen LogP contribution in [-0.4, -0.2) is 33.0 Å². The zero-order valence-electron chi connectivity index (χ0n) is 20.6. The highest BCUT2D eigenvalue weighted by Crippen LogP contribution is 2.38. The monoisotopic (exact) mass is 667 g/mol. The lowest BCUT2D eigenvalue weighted by molar-refractivity contribution is -0.131. The first kappa shape index (κ1) is 29.3. The number of aromatic nitrogens is 3. The molecule has 0 fully saturated rings. The van der Waals surface area contributed by atoms with Gasteiger partial charge in [-0.15, -0.1) is 10.2 Å². The second-order valence-corrected chi connectivity index (χ2v) is 11.2. The van der Waals surface area contributed by atoms with Crippen molar-refractivity contribution in [1.82, 2.24) is 14.8 Å². The number of carboxylic acids is 1. The van der Waals surface area contributed by atoms with Gasteiger partial charge in [-0.05, 0) is 78.9 Å². The molecule has 3 aromatic carbocycles. The summed E-state index contributed by atoms with van der Waals surface area (Å²) in [5.41, 5.74) is 2.16. The van der Waals surface area contributed by atoms with Gasteiger partial charge in [0, 0.05) is 37.2 Å². The molecule has 202 valence electrons. The second-order valence-electron chi connectivity index (χ2n) is 8.02. The number of nitrogens with zero attached hydrogens (tertiary/aromatic N) is 3. The van der Waals surface area contributed by atoms with Crippen LogP contribution in [0.15, 0.2) is 69.1 Å². The van der Waals surface area contributed by atoms with E-state index in [1.54, 1.807) is 42.5 Å². The van der Waals surface area contributed by atoms with Crippen LogP contribution in [0, 0.1) is 0 Å². The van der Waals surface area contributed by atoms with E-state index in [2.05, 4.69) is 26.1 Å². The van der Waals surface area contributed by atoms with Crippen molar-refractivity contribution in [2.75, 3.05) is 7.11 Å². The molecular weight excluding hydrogens is 649 g/mol. The largest absolute Gasteiger partial charge is 0.493 e. The molecule has 0 spiro atoms. The Kier molecular flexibility index (Phi) is 9.85. The topological polar surface area (TPSA) is 86.5 Å². The molecule has 0 radical (unpaired) electrons. The van der Waals surface area contributed by atoms with Gasteiger partial charge in [0.2, 0.25) is 0 Å². The van der Waals surface area contributed by atoms with E-state index < -0.39 is 5.97 Å². The van der Waals surface area contributed by atoms with Gasteiger partial charge in [-0.1, -0.05) is 56.8 Å². The van der Waals surface area contributed by atoms with E-state index in [1.165, 1.54) is 13.2 Å².